The molecular weight excluding hydrogens is 224 g/mol. The molecule has 1 saturated heterocycles. The second-order valence-corrected chi connectivity index (χ2v) is 4.62. The second kappa shape index (κ2) is 5.67. The van der Waals surface area contributed by atoms with Gasteiger partial charge in [-0.05, 0) is 42.4 Å². The van der Waals surface area contributed by atoms with Crippen LogP contribution in [0.25, 0.3) is 0 Å². The largest absolute Gasteiger partial charge is 0.396 e. The van der Waals surface area contributed by atoms with E-state index < -0.39 is 0 Å². The Morgan fingerprint density at radius 2 is 2.06 bits per heavy atom. The van der Waals surface area contributed by atoms with Gasteiger partial charge in [-0.15, -0.1) is 0 Å². The third-order valence-corrected chi connectivity index (χ3v) is 3.45. The highest BCUT2D eigenvalue weighted by atomic mass is 35.5. The van der Waals surface area contributed by atoms with E-state index in [0.29, 0.717) is 12.3 Å². The van der Waals surface area contributed by atoms with Crippen molar-refractivity contribution < 1.29 is 9.84 Å². The summed E-state index contributed by atoms with van der Waals surface area (Å²) >= 11 is 6.28. The molecule has 1 heterocycles. The molecule has 0 amide bonds. The van der Waals surface area contributed by atoms with Crippen LogP contribution in [0.4, 0.5) is 0 Å². The summed E-state index contributed by atoms with van der Waals surface area (Å²) in [5.74, 6) is 0.532. The van der Waals surface area contributed by atoms with Gasteiger partial charge in [0.2, 0.25) is 0 Å². The topological polar surface area (TPSA) is 29.5 Å². The molecule has 3 heteroatoms. The van der Waals surface area contributed by atoms with E-state index in [4.69, 9.17) is 21.4 Å². The molecule has 0 saturated carbocycles. The van der Waals surface area contributed by atoms with Crippen molar-refractivity contribution in [1.29, 1.82) is 0 Å². The Balaban J connectivity index is 2.14. The number of aliphatic hydroxyl groups excluding tert-OH is 1. The first-order chi connectivity index (χ1) is 7.81. The first-order valence-corrected chi connectivity index (χ1v) is 6.16. The van der Waals surface area contributed by atoms with E-state index in [9.17, 15) is 0 Å². The highest BCUT2D eigenvalue weighted by molar-refractivity contribution is 6.31. The van der Waals surface area contributed by atoms with Crippen molar-refractivity contribution in [2.75, 3.05) is 19.8 Å². The quantitative estimate of drug-likeness (QED) is 0.881. The second-order valence-electron chi connectivity index (χ2n) is 4.22. The molecule has 1 N–H and O–H groups in total. The molecule has 0 aliphatic carbocycles. The van der Waals surface area contributed by atoms with E-state index in [1.165, 1.54) is 5.56 Å². The number of benzene rings is 1. The number of ether oxygens (including phenoxy) is 1. The average Bonchev–Trinajstić information content (AvgIpc) is 2.31. The zero-order valence-electron chi connectivity index (χ0n) is 9.29. The lowest BCUT2D eigenvalue weighted by molar-refractivity contribution is 0.0853. The van der Waals surface area contributed by atoms with Gasteiger partial charge in [-0.2, -0.15) is 0 Å². The van der Waals surface area contributed by atoms with Crippen molar-refractivity contribution in [3.63, 3.8) is 0 Å². The molecule has 1 aromatic rings. The van der Waals surface area contributed by atoms with Crippen LogP contribution in [0.1, 0.15) is 29.9 Å². The third kappa shape index (κ3) is 2.76. The fraction of sp³-hybridized carbons (Fsp3) is 0.538. The Hall–Kier alpha value is -0.570. The van der Waals surface area contributed by atoms with Crippen LogP contribution in [-0.2, 0) is 11.2 Å². The van der Waals surface area contributed by atoms with Crippen molar-refractivity contribution in [1.82, 2.24) is 0 Å². The van der Waals surface area contributed by atoms with Crippen molar-refractivity contribution in [3.8, 4) is 0 Å². The summed E-state index contributed by atoms with van der Waals surface area (Å²) in [6, 6.07) is 6.14. The molecule has 1 fully saturated rings. The van der Waals surface area contributed by atoms with E-state index in [2.05, 4.69) is 12.1 Å². The maximum Gasteiger partial charge on any atom is 0.0471 e. The Morgan fingerprint density at radius 1 is 1.31 bits per heavy atom. The van der Waals surface area contributed by atoms with Crippen LogP contribution in [0.2, 0.25) is 5.02 Å². The number of halogens is 1. The third-order valence-electron chi connectivity index (χ3n) is 3.13. The maximum absolute atomic E-state index is 8.87. The van der Waals surface area contributed by atoms with Gasteiger partial charge in [0.25, 0.3) is 0 Å². The molecule has 88 valence electrons. The summed E-state index contributed by atoms with van der Waals surface area (Å²) in [4.78, 5) is 0. The van der Waals surface area contributed by atoms with Crippen LogP contribution in [-0.4, -0.2) is 24.9 Å². The zero-order chi connectivity index (χ0) is 11.4. The van der Waals surface area contributed by atoms with Crippen LogP contribution in [0.5, 0.6) is 0 Å². The Kier molecular flexibility index (Phi) is 4.22. The van der Waals surface area contributed by atoms with Gasteiger partial charge >= 0.3 is 0 Å². The summed E-state index contributed by atoms with van der Waals surface area (Å²) in [6.45, 7) is 1.84. The normalized spacial score (nSPS) is 17.6. The first-order valence-electron chi connectivity index (χ1n) is 5.78. The number of aliphatic hydroxyl groups is 1. The van der Waals surface area contributed by atoms with Gasteiger partial charge in [0.15, 0.2) is 0 Å². The minimum atomic E-state index is 0.174. The summed E-state index contributed by atoms with van der Waals surface area (Å²) < 4.78 is 5.35. The van der Waals surface area contributed by atoms with Crippen molar-refractivity contribution in [2.45, 2.75) is 25.2 Å². The lowest BCUT2D eigenvalue weighted by atomic mass is 9.91. The molecule has 0 unspecified atom stereocenters. The van der Waals surface area contributed by atoms with Gasteiger partial charge in [-0.25, -0.2) is 0 Å². The summed E-state index contributed by atoms with van der Waals surface area (Å²) in [5.41, 5.74) is 2.33. The number of rotatable bonds is 3. The molecule has 0 spiro atoms. The highest BCUT2D eigenvalue weighted by Gasteiger charge is 2.18. The Labute approximate surface area is 101 Å². The van der Waals surface area contributed by atoms with Crippen molar-refractivity contribution in [2.24, 2.45) is 0 Å². The highest BCUT2D eigenvalue weighted by Crippen LogP contribution is 2.32. The van der Waals surface area contributed by atoms with E-state index in [-0.39, 0.29) is 6.61 Å². The Morgan fingerprint density at radius 3 is 2.69 bits per heavy atom. The van der Waals surface area contributed by atoms with Crippen LogP contribution < -0.4 is 0 Å². The van der Waals surface area contributed by atoms with Gasteiger partial charge in [0.1, 0.15) is 0 Å². The maximum atomic E-state index is 8.87. The molecule has 0 atom stereocenters. The monoisotopic (exact) mass is 240 g/mol. The van der Waals surface area contributed by atoms with Crippen molar-refractivity contribution in [3.05, 3.63) is 34.3 Å². The predicted molar refractivity (Wildman–Crippen MR) is 65.0 cm³/mol. The van der Waals surface area contributed by atoms with Gasteiger partial charge < -0.3 is 9.84 Å². The molecule has 0 aromatic heterocycles. The van der Waals surface area contributed by atoms with Crippen LogP contribution in [0, 0.1) is 0 Å². The summed E-state index contributed by atoms with van der Waals surface area (Å²) in [5, 5.41) is 9.70. The molecule has 1 aliphatic heterocycles. The van der Waals surface area contributed by atoms with Gasteiger partial charge in [0, 0.05) is 24.8 Å². The number of hydrogen-bond donors (Lipinski definition) is 1. The number of hydrogen-bond acceptors (Lipinski definition) is 2. The lowest BCUT2D eigenvalue weighted by Crippen LogP contribution is -2.14. The van der Waals surface area contributed by atoms with Gasteiger partial charge in [-0.3, -0.25) is 0 Å². The SMILES string of the molecule is OCCc1ccc(C2CCOCC2)c(Cl)c1. The molecule has 2 rings (SSSR count). The van der Waals surface area contributed by atoms with E-state index >= 15 is 0 Å². The average molecular weight is 241 g/mol. The lowest BCUT2D eigenvalue weighted by Gasteiger charge is -2.23. The summed E-state index contributed by atoms with van der Waals surface area (Å²) in [7, 11) is 0. The van der Waals surface area contributed by atoms with Crippen LogP contribution >= 0.6 is 11.6 Å². The van der Waals surface area contributed by atoms with Crippen LogP contribution in [0.15, 0.2) is 18.2 Å². The molecule has 1 aliphatic rings. The van der Waals surface area contributed by atoms with Gasteiger partial charge in [0.05, 0.1) is 0 Å². The zero-order valence-corrected chi connectivity index (χ0v) is 10.0. The smallest absolute Gasteiger partial charge is 0.0471 e. The van der Waals surface area contributed by atoms with Crippen molar-refractivity contribution >= 4 is 11.6 Å². The Bertz CT molecular complexity index is 346. The van der Waals surface area contributed by atoms with E-state index in [1.54, 1.807) is 0 Å². The minimum absolute atomic E-state index is 0.174. The minimum Gasteiger partial charge on any atom is -0.396 e. The first kappa shape index (κ1) is 11.9. The van der Waals surface area contributed by atoms with E-state index in [1.807, 2.05) is 6.07 Å². The predicted octanol–water partition coefficient (Wildman–Crippen LogP) is 2.77. The molecule has 1 aromatic carbocycles. The van der Waals surface area contributed by atoms with Gasteiger partial charge in [-0.1, -0.05) is 23.7 Å². The van der Waals surface area contributed by atoms with Crippen LogP contribution in [0.3, 0.4) is 0 Å². The fourth-order valence-electron chi connectivity index (χ4n) is 2.19. The summed E-state index contributed by atoms with van der Waals surface area (Å²) in [6.07, 6.45) is 2.78. The molecule has 2 nitrogen and oxygen atoms in total. The molecule has 16 heavy (non-hydrogen) atoms. The molecular formula is C13H17ClO2. The molecule has 0 bridgehead atoms. The standard InChI is InChI=1S/C13H17ClO2/c14-13-9-10(3-6-15)1-2-12(13)11-4-7-16-8-5-11/h1-2,9,11,15H,3-8H2. The fourth-order valence-corrected chi connectivity index (χ4v) is 2.55. The van der Waals surface area contributed by atoms with E-state index in [0.717, 1.165) is 36.6 Å². The molecule has 0 radical (unpaired) electrons.